The average molecular weight is 310 g/mol. The van der Waals surface area contributed by atoms with E-state index in [4.69, 9.17) is 16.3 Å². The molecule has 5 heteroatoms. The smallest absolute Gasteiger partial charge is 0.146 e. The fourth-order valence-corrected chi connectivity index (χ4v) is 1.98. The monoisotopic (exact) mass is 309 g/mol. The van der Waals surface area contributed by atoms with Crippen LogP contribution in [-0.4, -0.2) is 24.4 Å². The Bertz CT molecular complexity index is 565. The lowest BCUT2D eigenvalue weighted by Crippen LogP contribution is -2.25. The number of aliphatic hydroxyl groups excluding tert-OH is 1. The maximum absolute atomic E-state index is 13.5. The van der Waals surface area contributed by atoms with E-state index in [2.05, 4.69) is 5.32 Å². The summed E-state index contributed by atoms with van der Waals surface area (Å²) in [6.07, 6.45) is -0.730. The van der Waals surface area contributed by atoms with Crippen LogP contribution in [0.4, 0.5) is 10.1 Å². The number of ether oxygens (including phenoxy) is 1. The summed E-state index contributed by atoms with van der Waals surface area (Å²) in [6, 6.07) is 13.9. The minimum Gasteiger partial charge on any atom is -0.389 e. The van der Waals surface area contributed by atoms with Crippen LogP contribution in [0.5, 0.6) is 0 Å². The third kappa shape index (κ3) is 5.34. The summed E-state index contributed by atoms with van der Waals surface area (Å²) in [5, 5.41) is 13.1. The van der Waals surface area contributed by atoms with Gasteiger partial charge in [0, 0.05) is 11.6 Å². The molecule has 0 saturated heterocycles. The highest BCUT2D eigenvalue weighted by atomic mass is 35.5. The van der Waals surface area contributed by atoms with E-state index >= 15 is 0 Å². The fraction of sp³-hybridized carbons (Fsp3) is 0.250. The van der Waals surface area contributed by atoms with Gasteiger partial charge in [0.25, 0.3) is 0 Å². The largest absolute Gasteiger partial charge is 0.389 e. The minimum absolute atomic E-state index is 0.171. The molecule has 0 aliphatic carbocycles. The molecular weight excluding hydrogens is 293 g/mol. The SMILES string of the molecule is OC(CNc1cc(Cl)ccc1F)COCc1ccccc1. The van der Waals surface area contributed by atoms with Crippen molar-refractivity contribution in [3.8, 4) is 0 Å². The Labute approximate surface area is 128 Å². The zero-order chi connectivity index (χ0) is 15.1. The summed E-state index contributed by atoms with van der Waals surface area (Å²) in [7, 11) is 0. The predicted molar refractivity (Wildman–Crippen MR) is 82.0 cm³/mol. The summed E-state index contributed by atoms with van der Waals surface area (Å²) >= 11 is 5.79. The van der Waals surface area contributed by atoms with Crippen molar-refractivity contribution in [1.29, 1.82) is 0 Å². The molecule has 21 heavy (non-hydrogen) atoms. The van der Waals surface area contributed by atoms with E-state index in [1.807, 2.05) is 30.3 Å². The number of anilines is 1. The van der Waals surface area contributed by atoms with Gasteiger partial charge in [0.15, 0.2) is 0 Å². The first-order chi connectivity index (χ1) is 10.1. The standard InChI is InChI=1S/C16H17ClFNO2/c17-13-6-7-15(18)16(8-13)19-9-14(20)11-21-10-12-4-2-1-3-5-12/h1-8,14,19-20H,9-11H2. The van der Waals surface area contributed by atoms with Crippen molar-refractivity contribution in [3.63, 3.8) is 0 Å². The Kier molecular flexibility index (Phi) is 5.99. The third-order valence-electron chi connectivity index (χ3n) is 2.88. The van der Waals surface area contributed by atoms with Crippen molar-refractivity contribution in [2.24, 2.45) is 0 Å². The summed E-state index contributed by atoms with van der Waals surface area (Å²) in [6.45, 7) is 0.791. The van der Waals surface area contributed by atoms with Gasteiger partial charge in [-0.05, 0) is 23.8 Å². The van der Waals surface area contributed by atoms with Gasteiger partial charge in [-0.25, -0.2) is 4.39 Å². The second kappa shape index (κ2) is 7.98. The molecule has 3 nitrogen and oxygen atoms in total. The quantitative estimate of drug-likeness (QED) is 0.823. The van der Waals surface area contributed by atoms with Gasteiger partial charge in [-0.15, -0.1) is 0 Å². The Hall–Kier alpha value is -1.62. The molecule has 0 spiro atoms. The van der Waals surface area contributed by atoms with Gasteiger partial charge in [-0.3, -0.25) is 0 Å². The van der Waals surface area contributed by atoms with Crippen LogP contribution in [0.3, 0.4) is 0 Å². The average Bonchev–Trinajstić information content (AvgIpc) is 2.49. The Balaban J connectivity index is 1.72. The van der Waals surface area contributed by atoms with Crippen molar-refractivity contribution in [3.05, 3.63) is 64.9 Å². The van der Waals surface area contributed by atoms with Gasteiger partial charge in [-0.1, -0.05) is 41.9 Å². The van der Waals surface area contributed by atoms with Crippen LogP contribution < -0.4 is 5.32 Å². The van der Waals surface area contributed by atoms with Crippen molar-refractivity contribution >= 4 is 17.3 Å². The molecule has 0 fully saturated rings. The van der Waals surface area contributed by atoms with Gasteiger partial charge < -0.3 is 15.2 Å². The van der Waals surface area contributed by atoms with Gasteiger partial charge in [0.2, 0.25) is 0 Å². The number of rotatable bonds is 7. The molecule has 1 unspecified atom stereocenters. The van der Waals surface area contributed by atoms with E-state index in [1.54, 1.807) is 0 Å². The maximum atomic E-state index is 13.5. The predicted octanol–water partition coefficient (Wildman–Crippen LogP) is 3.47. The zero-order valence-electron chi connectivity index (χ0n) is 11.4. The molecule has 0 amide bonds. The van der Waals surface area contributed by atoms with Crippen molar-refractivity contribution in [2.45, 2.75) is 12.7 Å². The minimum atomic E-state index is -0.730. The number of nitrogens with one attached hydrogen (secondary N) is 1. The molecule has 1 atom stereocenters. The highest BCUT2D eigenvalue weighted by molar-refractivity contribution is 6.30. The first kappa shape index (κ1) is 15.8. The molecule has 0 bridgehead atoms. The van der Waals surface area contributed by atoms with Crippen LogP contribution in [0.2, 0.25) is 5.02 Å². The molecule has 0 heterocycles. The Morgan fingerprint density at radius 2 is 1.95 bits per heavy atom. The first-order valence-electron chi connectivity index (χ1n) is 6.64. The van der Waals surface area contributed by atoms with E-state index in [0.29, 0.717) is 11.6 Å². The van der Waals surface area contributed by atoms with Crippen LogP contribution in [-0.2, 0) is 11.3 Å². The summed E-state index contributed by atoms with van der Waals surface area (Å²) in [5.41, 5.74) is 1.31. The second-order valence-corrected chi connectivity index (χ2v) is 5.10. The molecule has 0 aliphatic heterocycles. The number of hydrogen-bond donors (Lipinski definition) is 2. The molecule has 0 aliphatic rings. The molecule has 2 rings (SSSR count). The topological polar surface area (TPSA) is 41.5 Å². The van der Waals surface area contributed by atoms with Gasteiger partial charge in [0.1, 0.15) is 5.82 Å². The van der Waals surface area contributed by atoms with Crippen molar-refractivity contribution < 1.29 is 14.2 Å². The van der Waals surface area contributed by atoms with Gasteiger partial charge >= 0.3 is 0 Å². The lowest BCUT2D eigenvalue weighted by Gasteiger charge is -2.14. The molecular formula is C16H17ClFNO2. The van der Waals surface area contributed by atoms with Gasteiger partial charge in [-0.2, -0.15) is 0 Å². The van der Waals surface area contributed by atoms with Crippen LogP contribution in [0.25, 0.3) is 0 Å². The lowest BCUT2D eigenvalue weighted by molar-refractivity contribution is 0.0348. The number of benzene rings is 2. The number of halogens is 2. The van der Waals surface area contributed by atoms with Crippen molar-refractivity contribution in [1.82, 2.24) is 0 Å². The van der Waals surface area contributed by atoms with Gasteiger partial charge in [0.05, 0.1) is 25.0 Å². The van der Waals surface area contributed by atoms with E-state index in [1.165, 1.54) is 18.2 Å². The molecule has 2 N–H and O–H groups in total. The van der Waals surface area contributed by atoms with Crippen LogP contribution in [0.15, 0.2) is 48.5 Å². The van der Waals surface area contributed by atoms with E-state index in [9.17, 15) is 9.50 Å². The van der Waals surface area contributed by atoms with Crippen LogP contribution in [0, 0.1) is 5.82 Å². The van der Waals surface area contributed by atoms with E-state index in [-0.39, 0.29) is 18.8 Å². The molecule has 112 valence electrons. The van der Waals surface area contributed by atoms with Crippen molar-refractivity contribution in [2.75, 3.05) is 18.5 Å². The summed E-state index contributed by atoms with van der Waals surface area (Å²) in [4.78, 5) is 0. The summed E-state index contributed by atoms with van der Waals surface area (Å²) < 4.78 is 18.9. The zero-order valence-corrected chi connectivity index (χ0v) is 12.2. The normalized spacial score (nSPS) is 12.1. The Morgan fingerprint density at radius 3 is 2.71 bits per heavy atom. The molecule has 0 saturated carbocycles. The fourth-order valence-electron chi connectivity index (χ4n) is 1.81. The lowest BCUT2D eigenvalue weighted by atomic mass is 10.2. The Morgan fingerprint density at radius 1 is 1.19 bits per heavy atom. The molecule has 2 aromatic carbocycles. The first-order valence-corrected chi connectivity index (χ1v) is 7.01. The summed E-state index contributed by atoms with van der Waals surface area (Å²) in [5.74, 6) is -0.406. The van der Waals surface area contributed by atoms with Crippen LogP contribution >= 0.6 is 11.6 Å². The molecule has 0 aromatic heterocycles. The van der Waals surface area contributed by atoms with Crippen LogP contribution in [0.1, 0.15) is 5.56 Å². The van der Waals surface area contributed by atoms with E-state index in [0.717, 1.165) is 5.56 Å². The molecule has 0 radical (unpaired) electrons. The third-order valence-corrected chi connectivity index (χ3v) is 3.11. The highest BCUT2D eigenvalue weighted by Crippen LogP contribution is 2.19. The highest BCUT2D eigenvalue weighted by Gasteiger charge is 2.07. The number of hydrogen-bond acceptors (Lipinski definition) is 3. The molecule has 2 aromatic rings. The van der Waals surface area contributed by atoms with E-state index < -0.39 is 11.9 Å². The number of aliphatic hydroxyl groups is 1. The second-order valence-electron chi connectivity index (χ2n) is 4.66. The maximum Gasteiger partial charge on any atom is 0.146 e.